The largest absolute Gasteiger partial charge is 0.453 e. The first-order valence-electron chi connectivity index (χ1n) is 5.60. The van der Waals surface area contributed by atoms with Gasteiger partial charge in [0.05, 0.1) is 6.20 Å². The molecule has 0 fully saturated rings. The molecule has 0 bridgehead atoms. The van der Waals surface area contributed by atoms with Crippen molar-refractivity contribution in [3.8, 4) is 5.75 Å². The van der Waals surface area contributed by atoms with E-state index in [4.69, 9.17) is 4.74 Å². The molecule has 0 amide bonds. The van der Waals surface area contributed by atoms with Crippen LogP contribution in [-0.2, 0) is 0 Å². The Bertz CT molecular complexity index is 697. The van der Waals surface area contributed by atoms with Crippen molar-refractivity contribution in [3.05, 3.63) is 40.7 Å². The van der Waals surface area contributed by atoms with Gasteiger partial charge >= 0.3 is 0 Å². The summed E-state index contributed by atoms with van der Waals surface area (Å²) in [4.78, 5) is 0. The lowest BCUT2D eigenvalue weighted by Crippen LogP contribution is -2.14. The SMILES string of the molecule is Brc1ccc2c3c1cnn3C1=CCCC=C1O2. The molecule has 0 saturated carbocycles. The molecule has 1 aliphatic carbocycles. The van der Waals surface area contributed by atoms with Gasteiger partial charge in [-0.1, -0.05) is 22.0 Å². The predicted octanol–water partition coefficient (Wildman–Crippen LogP) is 3.71. The number of rotatable bonds is 0. The van der Waals surface area contributed by atoms with Crippen molar-refractivity contribution in [2.75, 3.05) is 0 Å². The van der Waals surface area contributed by atoms with Crippen LogP contribution in [0.1, 0.15) is 12.8 Å². The molecule has 1 aromatic heterocycles. The summed E-state index contributed by atoms with van der Waals surface area (Å²) < 4.78 is 8.96. The maximum atomic E-state index is 5.93. The van der Waals surface area contributed by atoms with Gasteiger partial charge in [0.2, 0.25) is 0 Å². The van der Waals surface area contributed by atoms with E-state index in [1.54, 1.807) is 0 Å². The summed E-state index contributed by atoms with van der Waals surface area (Å²) in [6, 6.07) is 3.98. The molecule has 3 nitrogen and oxygen atoms in total. The minimum absolute atomic E-state index is 0.881. The molecular formula is C13H9BrN2O. The van der Waals surface area contributed by atoms with Gasteiger partial charge < -0.3 is 4.74 Å². The minimum Gasteiger partial charge on any atom is -0.453 e. The second-order valence-electron chi connectivity index (χ2n) is 4.20. The van der Waals surface area contributed by atoms with Crippen molar-refractivity contribution in [2.45, 2.75) is 12.8 Å². The quantitative estimate of drug-likeness (QED) is 0.739. The van der Waals surface area contributed by atoms with Crippen LogP contribution in [0.5, 0.6) is 5.75 Å². The van der Waals surface area contributed by atoms with E-state index in [0.717, 1.165) is 45.4 Å². The summed E-state index contributed by atoms with van der Waals surface area (Å²) in [5.74, 6) is 1.81. The zero-order valence-electron chi connectivity index (χ0n) is 8.98. The van der Waals surface area contributed by atoms with E-state index < -0.39 is 0 Å². The average Bonchev–Trinajstić information content (AvgIpc) is 2.80. The summed E-state index contributed by atoms with van der Waals surface area (Å²) in [5, 5.41) is 5.56. The van der Waals surface area contributed by atoms with Crippen LogP contribution in [0.2, 0.25) is 0 Å². The number of halogens is 1. The summed E-state index contributed by atoms with van der Waals surface area (Å²) in [6.45, 7) is 0. The number of hydrogen-bond acceptors (Lipinski definition) is 2. The Morgan fingerprint density at radius 3 is 3.06 bits per heavy atom. The zero-order valence-corrected chi connectivity index (χ0v) is 10.6. The Morgan fingerprint density at radius 1 is 1.24 bits per heavy atom. The van der Waals surface area contributed by atoms with Gasteiger partial charge in [-0.15, -0.1) is 0 Å². The molecule has 2 heterocycles. The Morgan fingerprint density at radius 2 is 2.12 bits per heavy atom. The van der Waals surface area contributed by atoms with Gasteiger partial charge in [-0.25, -0.2) is 4.68 Å². The maximum absolute atomic E-state index is 5.93. The molecule has 1 aromatic carbocycles. The van der Waals surface area contributed by atoms with Gasteiger partial charge in [0.15, 0.2) is 5.75 Å². The number of fused-ring (bicyclic) bond motifs is 2. The highest BCUT2D eigenvalue weighted by atomic mass is 79.9. The Labute approximate surface area is 107 Å². The number of nitrogens with zero attached hydrogens (tertiary/aromatic N) is 2. The molecule has 2 aromatic rings. The van der Waals surface area contributed by atoms with Crippen LogP contribution in [-0.4, -0.2) is 9.78 Å². The number of aromatic nitrogens is 2. The van der Waals surface area contributed by atoms with E-state index in [1.165, 1.54) is 0 Å². The Balaban J connectivity index is 2.13. The van der Waals surface area contributed by atoms with Gasteiger partial charge in [0.1, 0.15) is 17.0 Å². The number of hydrogen-bond donors (Lipinski definition) is 0. The first kappa shape index (κ1) is 9.48. The first-order valence-corrected chi connectivity index (χ1v) is 6.39. The van der Waals surface area contributed by atoms with Crippen LogP contribution in [0.15, 0.2) is 40.7 Å². The smallest absolute Gasteiger partial charge is 0.153 e. The molecule has 0 unspecified atom stereocenters. The number of ether oxygens (including phenoxy) is 1. The molecule has 0 N–H and O–H groups in total. The van der Waals surface area contributed by atoms with Crippen LogP contribution in [0.25, 0.3) is 16.6 Å². The zero-order chi connectivity index (χ0) is 11.4. The highest BCUT2D eigenvalue weighted by Gasteiger charge is 2.24. The number of allylic oxidation sites excluding steroid dienone is 3. The molecule has 4 rings (SSSR count). The average molecular weight is 289 g/mol. The molecular weight excluding hydrogens is 280 g/mol. The first-order chi connectivity index (χ1) is 8.34. The molecule has 0 saturated heterocycles. The molecule has 1 aliphatic heterocycles. The van der Waals surface area contributed by atoms with E-state index >= 15 is 0 Å². The van der Waals surface area contributed by atoms with Crippen molar-refractivity contribution in [1.29, 1.82) is 0 Å². The third-order valence-corrected chi connectivity index (χ3v) is 3.87. The van der Waals surface area contributed by atoms with Crippen molar-refractivity contribution in [2.24, 2.45) is 0 Å². The van der Waals surface area contributed by atoms with Crippen LogP contribution in [0.4, 0.5) is 0 Å². The third kappa shape index (κ3) is 1.19. The van der Waals surface area contributed by atoms with Crippen molar-refractivity contribution >= 4 is 32.5 Å². The van der Waals surface area contributed by atoms with Gasteiger partial charge in [-0.3, -0.25) is 0 Å². The molecule has 4 heteroatoms. The molecule has 17 heavy (non-hydrogen) atoms. The van der Waals surface area contributed by atoms with Crippen LogP contribution < -0.4 is 4.74 Å². The molecule has 2 aliphatic rings. The van der Waals surface area contributed by atoms with E-state index in [0.29, 0.717) is 0 Å². The standard InChI is InChI=1S/C13H9BrN2O/c14-9-5-6-12-13-8(9)7-15-16(13)10-3-1-2-4-11(10)17-12/h3-7H,1-2H2. The lowest BCUT2D eigenvalue weighted by atomic mass is 10.1. The lowest BCUT2D eigenvalue weighted by molar-refractivity contribution is 0.430. The van der Waals surface area contributed by atoms with Crippen LogP contribution in [0, 0.1) is 0 Å². The van der Waals surface area contributed by atoms with Gasteiger partial charge in [0.25, 0.3) is 0 Å². The topological polar surface area (TPSA) is 27.1 Å². The highest BCUT2D eigenvalue weighted by Crippen LogP contribution is 2.40. The van der Waals surface area contributed by atoms with E-state index in [1.807, 2.05) is 23.0 Å². The third-order valence-electron chi connectivity index (χ3n) is 3.18. The minimum atomic E-state index is 0.881. The van der Waals surface area contributed by atoms with E-state index in [2.05, 4.69) is 33.2 Å². The fourth-order valence-corrected chi connectivity index (χ4v) is 2.81. The van der Waals surface area contributed by atoms with Crippen LogP contribution in [0.3, 0.4) is 0 Å². The second-order valence-corrected chi connectivity index (χ2v) is 5.06. The summed E-state index contributed by atoms with van der Waals surface area (Å²) in [5.41, 5.74) is 2.11. The summed E-state index contributed by atoms with van der Waals surface area (Å²) in [6.07, 6.45) is 8.28. The second kappa shape index (κ2) is 3.23. The lowest BCUT2D eigenvalue weighted by Gasteiger charge is -2.23. The number of benzene rings is 1. The van der Waals surface area contributed by atoms with Gasteiger partial charge in [0, 0.05) is 9.86 Å². The fourth-order valence-electron chi connectivity index (χ4n) is 2.39. The Kier molecular flexibility index (Phi) is 1.80. The molecule has 0 atom stereocenters. The molecule has 0 radical (unpaired) electrons. The maximum Gasteiger partial charge on any atom is 0.153 e. The summed E-state index contributed by atoms with van der Waals surface area (Å²) in [7, 11) is 0. The monoisotopic (exact) mass is 288 g/mol. The van der Waals surface area contributed by atoms with Crippen LogP contribution >= 0.6 is 15.9 Å². The van der Waals surface area contributed by atoms with Gasteiger partial charge in [-0.2, -0.15) is 5.10 Å². The Hall–Kier alpha value is -1.55. The van der Waals surface area contributed by atoms with Crippen molar-refractivity contribution < 1.29 is 4.74 Å². The van der Waals surface area contributed by atoms with E-state index in [-0.39, 0.29) is 0 Å². The molecule has 0 spiro atoms. The predicted molar refractivity (Wildman–Crippen MR) is 69.7 cm³/mol. The molecule has 84 valence electrons. The normalized spacial score (nSPS) is 17.2. The van der Waals surface area contributed by atoms with Gasteiger partial charge in [-0.05, 0) is 31.1 Å². The van der Waals surface area contributed by atoms with E-state index in [9.17, 15) is 0 Å². The highest BCUT2D eigenvalue weighted by molar-refractivity contribution is 9.10. The summed E-state index contributed by atoms with van der Waals surface area (Å²) >= 11 is 3.54. The van der Waals surface area contributed by atoms with Crippen molar-refractivity contribution in [1.82, 2.24) is 9.78 Å². The van der Waals surface area contributed by atoms with Crippen molar-refractivity contribution in [3.63, 3.8) is 0 Å². The fraction of sp³-hybridized carbons (Fsp3) is 0.154.